The highest BCUT2D eigenvalue weighted by molar-refractivity contribution is 7.99. The minimum Gasteiger partial charge on any atom is -0.497 e. The molecular weight excluding hydrogens is 446 g/mol. The van der Waals surface area contributed by atoms with Gasteiger partial charge in [0.05, 0.1) is 25.6 Å². The van der Waals surface area contributed by atoms with E-state index >= 15 is 0 Å². The van der Waals surface area contributed by atoms with Crippen LogP contribution in [0, 0.1) is 4.77 Å². The average Bonchev–Trinajstić information content (AvgIpc) is 3.00. The second-order valence-corrected chi connectivity index (χ2v) is 8.96. The first kappa shape index (κ1) is 22.2. The van der Waals surface area contributed by atoms with Crippen LogP contribution in [0.2, 0.25) is 0 Å². The fourth-order valence-electron chi connectivity index (χ4n) is 3.72. The molecule has 0 saturated heterocycles. The normalized spacial score (nSPS) is 15.5. The van der Waals surface area contributed by atoms with E-state index in [1.54, 1.807) is 40.1 Å². The molecule has 166 valence electrons. The smallest absolute Gasteiger partial charge is 0.267 e. The van der Waals surface area contributed by atoms with E-state index in [2.05, 4.69) is 0 Å². The van der Waals surface area contributed by atoms with E-state index < -0.39 is 0 Å². The van der Waals surface area contributed by atoms with Crippen molar-refractivity contribution in [2.45, 2.75) is 16.6 Å². The van der Waals surface area contributed by atoms with Crippen LogP contribution < -0.4 is 15.0 Å². The third-order valence-electron chi connectivity index (χ3n) is 5.47. The number of nitrogens with zero attached hydrogens (tertiary/aromatic N) is 3. The summed E-state index contributed by atoms with van der Waals surface area (Å²) in [5, 5.41) is 10.7. The summed E-state index contributed by atoms with van der Waals surface area (Å²) in [5.74, 6) is 1.22. The molecule has 2 aromatic carbocycles. The molecule has 0 amide bonds. The number of ether oxygens (including phenoxy) is 2. The van der Waals surface area contributed by atoms with Gasteiger partial charge in [-0.25, -0.2) is 0 Å². The summed E-state index contributed by atoms with van der Waals surface area (Å²) in [4.78, 5) is 18.9. The highest BCUT2D eigenvalue weighted by Gasteiger charge is 2.29. The van der Waals surface area contributed by atoms with Gasteiger partial charge in [-0.15, -0.1) is 11.8 Å². The molecule has 4 rings (SSSR count). The highest BCUT2D eigenvalue weighted by atomic mass is 32.2. The molecule has 1 atom stereocenters. The monoisotopic (exact) mass is 469 g/mol. The second-order valence-electron chi connectivity index (χ2n) is 7.35. The Hall–Kier alpha value is -3.04. The maximum atomic E-state index is 13.1. The number of benzene rings is 2. The lowest BCUT2D eigenvalue weighted by atomic mass is 10.0. The molecule has 1 aromatic heterocycles. The first-order valence-electron chi connectivity index (χ1n) is 9.90. The van der Waals surface area contributed by atoms with Crippen LogP contribution >= 0.6 is 24.0 Å². The molecule has 7 nitrogen and oxygen atoms in total. The number of thioether (sulfide) groups is 1. The van der Waals surface area contributed by atoms with Gasteiger partial charge in [0.25, 0.3) is 5.56 Å². The van der Waals surface area contributed by atoms with Crippen molar-refractivity contribution in [3.05, 3.63) is 68.7 Å². The molecule has 9 heteroatoms. The van der Waals surface area contributed by atoms with Gasteiger partial charge in [-0.1, -0.05) is 12.1 Å². The Kier molecular flexibility index (Phi) is 6.12. The topological polar surface area (TPSA) is 78.0 Å². The van der Waals surface area contributed by atoms with Gasteiger partial charge in [-0.3, -0.25) is 18.9 Å². The van der Waals surface area contributed by atoms with Crippen LogP contribution in [-0.2, 0) is 14.1 Å². The van der Waals surface area contributed by atoms with E-state index in [1.807, 2.05) is 42.5 Å². The number of aromatic nitrogens is 2. The maximum absolute atomic E-state index is 13.1. The second kappa shape index (κ2) is 8.84. The first-order valence-corrected chi connectivity index (χ1v) is 11.2. The molecule has 0 spiro atoms. The predicted molar refractivity (Wildman–Crippen MR) is 129 cm³/mol. The van der Waals surface area contributed by atoms with Gasteiger partial charge in [0.15, 0.2) is 4.77 Å². The SMILES string of the molecule is COc1ccc(OC)c([C@H]2CC(c3c(O)n(C)c(=S)n(C)c3=O)=Nc3ccccc3S2)c1. The van der Waals surface area contributed by atoms with E-state index in [4.69, 9.17) is 26.7 Å². The summed E-state index contributed by atoms with van der Waals surface area (Å²) in [6.07, 6.45) is 0.391. The van der Waals surface area contributed by atoms with Gasteiger partial charge in [0.1, 0.15) is 17.1 Å². The van der Waals surface area contributed by atoms with E-state index in [-0.39, 0.29) is 27.0 Å². The van der Waals surface area contributed by atoms with E-state index in [0.29, 0.717) is 23.6 Å². The molecule has 2 heterocycles. The Morgan fingerprint density at radius 1 is 1.12 bits per heavy atom. The molecular formula is C23H23N3O4S2. The van der Waals surface area contributed by atoms with E-state index in [9.17, 15) is 9.90 Å². The third-order valence-corrected chi connectivity index (χ3v) is 7.33. The predicted octanol–water partition coefficient (Wildman–Crippen LogP) is 4.53. The van der Waals surface area contributed by atoms with Crippen molar-refractivity contribution in [1.29, 1.82) is 0 Å². The molecule has 0 fully saturated rings. The lowest BCUT2D eigenvalue weighted by Gasteiger charge is -2.20. The summed E-state index contributed by atoms with van der Waals surface area (Å²) in [6, 6.07) is 13.4. The van der Waals surface area contributed by atoms with Gasteiger partial charge in [-0.2, -0.15) is 0 Å². The molecule has 0 radical (unpaired) electrons. The van der Waals surface area contributed by atoms with Crippen LogP contribution in [0.3, 0.4) is 0 Å². The zero-order chi connectivity index (χ0) is 23.0. The number of methoxy groups -OCH3 is 2. The molecule has 1 aliphatic heterocycles. The summed E-state index contributed by atoms with van der Waals surface area (Å²) in [7, 11) is 6.46. The Balaban J connectivity index is 1.95. The number of rotatable bonds is 4. The number of fused-ring (bicyclic) bond motifs is 1. The number of hydrogen-bond donors (Lipinski definition) is 1. The van der Waals surface area contributed by atoms with Crippen molar-refractivity contribution < 1.29 is 14.6 Å². The zero-order valence-corrected chi connectivity index (χ0v) is 19.8. The largest absolute Gasteiger partial charge is 0.497 e. The van der Waals surface area contributed by atoms with Gasteiger partial charge in [0, 0.05) is 36.2 Å². The lowest BCUT2D eigenvalue weighted by molar-refractivity contribution is 0.398. The van der Waals surface area contributed by atoms with Crippen LogP contribution in [0.4, 0.5) is 5.69 Å². The van der Waals surface area contributed by atoms with Crippen molar-refractivity contribution in [2.75, 3.05) is 14.2 Å². The molecule has 1 aliphatic rings. The van der Waals surface area contributed by atoms with Crippen molar-refractivity contribution in [2.24, 2.45) is 19.1 Å². The Morgan fingerprint density at radius 3 is 2.59 bits per heavy atom. The summed E-state index contributed by atoms with van der Waals surface area (Å²) >= 11 is 6.91. The fourth-order valence-corrected chi connectivity index (χ4v) is 5.14. The highest BCUT2D eigenvalue weighted by Crippen LogP contribution is 2.48. The van der Waals surface area contributed by atoms with Crippen molar-refractivity contribution in [3.63, 3.8) is 0 Å². The van der Waals surface area contributed by atoms with Crippen molar-refractivity contribution in [1.82, 2.24) is 9.13 Å². The molecule has 0 bridgehead atoms. The van der Waals surface area contributed by atoms with Crippen LogP contribution in [0.5, 0.6) is 17.4 Å². The Labute approximate surface area is 195 Å². The third kappa shape index (κ3) is 3.82. The Morgan fingerprint density at radius 2 is 1.88 bits per heavy atom. The fraction of sp³-hybridized carbons (Fsp3) is 0.261. The first-order chi connectivity index (χ1) is 15.3. The summed E-state index contributed by atoms with van der Waals surface area (Å²) < 4.78 is 14.1. The molecule has 3 aromatic rings. The van der Waals surface area contributed by atoms with Gasteiger partial charge in [-0.05, 0) is 42.5 Å². The number of para-hydroxylation sites is 1. The summed E-state index contributed by atoms with van der Waals surface area (Å²) in [6.45, 7) is 0. The molecule has 32 heavy (non-hydrogen) atoms. The van der Waals surface area contributed by atoms with E-state index in [1.165, 1.54) is 9.13 Å². The van der Waals surface area contributed by atoms with Crippen LogP contribution in [0.25, 0.3) is 0 Å². The van der Waals surface area contributed by atoms with Crippen molar-refractivity contribution >= 4 is 35.4 Å². The standard InChI is InChI=1S/C23H23N3O4S2/c1-25-21(27)20(22(28)26(2)23(25)31)16-12-19(32-18-8-6-5-7-15(18)24-16)14-11-13(29-3)9-10-17(14)30-4/h5-11,19,27H,12H2,1-4H3/t19-/m1/s1. The number of hydrogen-bond acceptors (Lipinski definition) is 7. The Bertz CT molecular complexity index is 1340. The van der Waals surface area contributed by atoms with Gasteiger partial charge < -0.3 is 14.6 Å². The molecule has 1 N–H and O–H groups in total. The lowest BCUT2D eigenvalue weighted by Crippen LogP contribution is -2.29. The quantitative estimate of drug-likeness (QED) is 0.566. The zero-order valence-electron chi connectivity index (χ0n) is 18.2. The minimum absolute atomic E-state index is 0.139. The van der Waals surface area contributed by atoms with Crippen LogP contribution in [-0.4, -0.2) is 34.2 Å². The van der Waals surface area contributed by atoms with E-state index in [0.717, 1.165) is 16.1 Å². The van der Waals surface area contributed by atoms with Gasteiger partial charge >= 0.3 is 0 Å². The van der Waals surface area contributed by atoms with Crippen molar-refractivity contribution in [3.8, 4) is 17.4 Å². The maximum Gasteiger partial charge on any atom is 0.267 e. The molecule has 0 unspecified atom stereocenters. The minimum atomic E-state index is -0.384. The number of aromatic hydroxyl groups is 1. The van der Waals surface area contributed by atoms with Crippen LogP contribution in [0.15, 0.2) is 57.1 Å². The molecule has 0 saturated carbocycles. The average molecular weight is 470 g/mol. The van der Waals surface area contributed by atoms with Gasteiger partial charge in [0.2, 0.25) is 5.88 Å². The van der Waals surface area contributed by atoms with Crippen LogP contribution in [0.1, 0.15) is 22.8 Å². The summed E-state index contributed by atoms with van der Waals surface area (Å²) in [5.41, 5.74) is 1.91. The molecule has 0 aliphatic carbocycles. The number of aliphatic imine (C=N–C) groups is 1.